The summed E-state index contributed by atoms with van der Waals surface area (Å²) < 4.78 is 1.08. The monoisotopic (exact) mass is 303 g/mol. The van der Waals surface area contributed by atoms with Crippen molar-refractivity contribution in [3.8, 4) is 0 Å². The second-order valence-corrected chi connectivity index (χ2v) is 4.72. The van der Waals surface area contributed by atoms with Gasteiger partial charge in [0.1, 0.15) is 5.02 Å². The number of rotatable bonds is 2. The summed E-state index contributed by atoms with van der Waals surface area (Å²) >= 11 is 5.84. The Balaban J connectivity index is 1.97. The average molecular weight is 304 g/mol. The number of aromatic nitrogens is 4. The van der Waals surface area contributed by atoms with Gasteiger partial charge in [-0.2, -0.15) is 9.50 Å². The predicted molar refractivity (Wildman–Crippen MR) is 77.7 cm³/mol. The topological polar surface area (TPSA) is 92.2 Å². The molecule has 0 unspecified atom stereocenters. The zero-order chi connectivity index (χ0) is 15.0. The molecule has 0 fully saturated rings. The highest BCUT2D eigenvalue weighted by Crippen LogP contribution is 2.10. The van der Waals surface area contributed by atoms with Crippen LogP contribution in [0.4, 0.5) is 5.95 Å². The molecule has 0 saturated carbocycles. The number of aryl methyl sites for hydroxylation is 1. The third-order valence-electron chi connectivity index (χ3n) is 2.87. The highest BCUT2D eigenvalue weighted by atomic mass is 35.5. The maximum Gasteiger partial charge on any atom is 0.293 e. The molecule has 1 amide bonds. The summed E-state index contributed by atoms with van der Waals surface area (Å²) in [6.45, 7) is 1.61. The number of amides is 1. The van der Waals surface area contributed by atoms with E-state index in [4.69, 9.17) is 11.6 Å². The van der Waals surface area contributed by atoms with E-state index in [1.165, 1.54) is 0 Å². The van der Waals surface area contributed by atoms with E-state index in [1.54, 1.807) is 31.2 Å². The maximum absolute atomic E-state index is 12.0. The van der Waals surface area contributed by atoms with Gasteiger partial charge in [-0.05, 0) is 19.1 Å². The van der Waals surface area contributed by atoms with Gasteiger partial charge in [0.05, 0.1) is 5.69 Å². The molecular formula is C13H10ClN5O2. The van der Waals surface area contributed by atoms with Gasteiger partial charge in [-0.1, -0.05) is 29.8 Å². The summed E-state index contributed by atoms with van der Waals surface area (Å²) in [4.78, 5) is 32.1. The minimum Gasteiger partial charge on any atom is -0.291 e. The minimum atomic E-state index is -0.466. The Hall–Kier alpha value is -2.67. The van der Waals surface area contributed by atoms with Gasteiger partial charge in [-0.15, -0.1) is 0 Å². The molecule has 8 heteroatoms. The smallest absolute Gasteiger partial charge is 0.291 e. The van der Waals surface area contributed by atoms with Crippen molar-refractivity contribution in [1.82, 2.24) is 19.6 Å². The Morgan fingerprint density at radius 3 is 2.71 bits per heavy atom. The SMILES string of the molecule is Cc1nc2nc(NC(=O)c3ccccc3)[nH]n2c(=O)c1Cl. The molecule has 2 aromatic heterocycles. The number of carbonyl (C=O) groups is 1. The normalized spacial score (nSPS) is 10.8. The summed E-state index contributed by atoms with van der Waals surface area (Å²) in [7, 11) is 0. The second-order valence-electron chi connectivity index (χ2n) is 4.34. The summed E-state index contributed by atoms with van der Waals surface area (Å²) in [5.41, 5.74) is 0.397. The molecule has 2 heterocycles. The molecule has 2 N–H and O–H groups in total. The standard InChI is InChI=1S/C13H10ClN5O2/c1-7-9(14)11(21)19-13(15-7)17-12(18-19)16-10(20)8-5-3-2-4-6-8/h2-6H,1H3,(H2,15,16,17,18,20). The number of nitrogens with zero attached hydrogens (tertiary/aromatic N) is 3. The van der Waals surface area contributed by atoms with Crippen LogP contribution < -0.4 is 10.9 Å². The lowest BCUT2D eigenvalue weighted by Crippen LogP contribution is -2.17. The molecule has 0 aliphatic carbocycles. The third-order valence-corrected chi connectivity index (χ3v) is 3.31. The minimum absolute atomic E-state index is 0.0112. The molecular weight excluding hydrogens is 294 g/mol. The van der Waals surface area contributed by atoms with Crippen molar-refractivity contribution in [2.24, 2.45) is 0 Å². The van der Waals surface area contributed by atoms with Gasteiger partial charge >= 0.3 is 0 Å². The quantitative estimate of drug-likeness (QED) is 0.752. The van der Waals surface area contributed by atoms with E-state index in [0.29, 0.717) is 11.3 Å². The van der Waals surface area contributed by atoms with Crippen LogP contribution in [0.3, 0.4) is 0 Å². The first kappa shape index (κ1) is 13.3. The fourth-order valence-corrected chi connectivity index (χ4v) is 1.95. The number of benzene rings is 1. The number of aromatic amines is 1. The van der Waals surface area contributed by atoms with E-state index in [1.807, 2.05) is 6.07 Å². The molecule has 21 heavy (non-hydrogen) atoms. The molecule has 3 rings (SSSR count). The Kier molecular flexibility index (Phi) is 3.19. The number of anilines is 1. The van der Waals surface area contributed by atoms with Gasteiger partial charge in [0.25, 0.3) is 17.2 Å². The maximum atomic E-state index is 12.0. The van der Waals surface area contributed by atoms with E-state index in [-0.39, 0.29) is 22.7 Å². The highest BCUT2D eigenvalue weighted by Gasteiger charge is 2.13. The van der Waals surface area contributed by atoms with Crippen LogP contribution >= 0.6 is 11.6 Å². The fraction of sp³-hybridized carbons (Fsp3) is 0.0769. The third kappa shape index (κ3) is 2.38. The van der Waals surface area contributed by atoms with Crippen molar-refractivity contribution in [2.75, 3.05) is 5.32 Å². The van der Waals surface area contributed by atoms with Crippen LogP contribution in [0.5, 0.6) is 0 Å². The number of nitrogens with one attached hydrogen (secondary N) is 2. The predicted octanol–water partition coefficient (Wildman–Crippen LogP) is 1.63. The summed E-state index contributed by atoms with van der Waals surface area (Å²) in [6, 6.07) is 8.66. The first-order chi connectivity index (χ1) is 10.1. The molecule has 7 nitrogen and oxygen atoms in total. The zero-order valence-electron chi connectivity index (χ0n) is 10.9. The van der Waals surface area contributed by atoms with Gasteiger partial charge in [-0.25, -0.2) is 4.98 Å². The molecule has 0 aliphatic heterocycles. The first-order valence-electron chi connectivity index (χ1n) is 6.07. The molecule has 0 atom stereocenters. The molecule has 3 aromatic rings. The number of carbonyl (C=O) groups excluding carboxylic acids is 1. The van der Waals surface area contributed by atoms with Crippen LogP contribution in [0, 0.1) is 6.92 Å². The van der Waals surface area contributed by atoms with Crippen molar-refractivity contribution in [1.29, 1.82) is 0 Å². The number of hydrogen-bond acceptors (Lipinski definition) is 4. The van der Waals surface area contributed by atoms with Gasteiger partial charge in [0, 0.05) is 5.56 Å². The lowest BCUT2D eigenvalue weighted by atomic mass is 10.2. The van der Waals surface area contributed by atoms with Crippen LogP contribution in [0.2, 0.25) is 5.02 Å². The Labute approximate surface area is 123 Å². The largest absolute Gasteiger partial charge is 0.293 e. The number of halogens is 1. The van der Waals surface area contributed by atoms with E-state index in [0.717, 1.165) is 4.52 Å². The van der Waals surface area contributed by atoms with Crippen LogP contribution in [-0.2, 0) is 0 Å². The number of fused-ring (bicyclic) bond motifs is 1. The van der Waals surface area contributed by atoms with Crippen molar-refractivity contribution >= 4 is 29.2 Å². The van der Waals surface area contributed by atoms with Gasteiger partial charge in [0.15, 0.2) is 0 Å². The Morgan fingerprint density at radius 1 is 1.29 bits per heavy atom. The van der Waals surface area contributed by atoms with Crippen molar-refractivity contribution in [3.05, 3.63) is 57.0 Å². The van der Waals surface area contributed by atoms with Gasteiger partial charge < -0.3 is 0 Å². The highest BCUT2D eigenvalue weighted by molar-refractivity contribution is 6.31. The van der Waals surface area contributed by atoms with E-state index >= 15 is 0 Å². The van der Waals surface area contributed by atoms with E-state index in [2.05, 4.69) is 20.4 Å². The van der Waals surface area contributed by atoms with Crippen LogP contribution in [-0.4, -0.2) is 25.5 Å². The van der Waals surface area contributed by atoms with Crippen molar-refractivity contribution < 1.29 is 4.79 Å². The van der Waals surface area contributed by atoms with Gasteiger partial charge in [0.2, 0.25) is 5.95 Å². The molecule has 1 aromatic carbocycles. The molecule has 0 bridgehead atoms. The van der Waals surface area contributed by atoms with E-state index in [9.17, 15) is 9.59 Å². The fourth-order valence-electron chi connectivity index (χ4n) is 1.82. The van der Waals surface area contributed by atoms with Crippen molar-refractivity contribution in [3.63, 3.8) is 0 Å². The number of hydrogen-bond donors (Lipinski definition) is 2. The van der Waals surface area contributed by atoms with Crippen LogP contribution in [0.25, 0.3) is 5.78 Å². The lowest BCUT2D eigenvalue weighted by molar-refractivity contribution is 0.102. The van der Waals surface area contributed by atoms with Crippen molar-refractivity contribution in [2.45, 2.75) is 6.92 Å². The summed E-state index contributed by atoms with van der Waals surface area (Å²) in [5.74, 6) is -0.0779. The average Bonchev–Trinajstić information content (AvgIpc) is 2.88. The molecule has 106 valence electrons. The Bertz CT molecular complexity index is 885. The second kappa shape index (κ2) is 5.02. The zero-order valence-corrected chi connectivity index (χ0v) is 11.7. The van der Waals surface area contributed by atoms with Crippen LogP contribution in [0.1, 0.15) is 16.1 Å². The summed E-state index contributed by atoms with van der Waals surface area (Å²) in [5, 5.41) is 5.22. The molecule has 0 saturated heterocycles. The van der Waals surface area contributed by atoms with Crippen LogP contribution in [0.15, 0.2) is 35.1 Å². The number of H-pyrrole nitrogens is 1. The molecule has 0 radical (unpaired) electrons. The Morgan fingerprint density at radius 2 is 2.00 bits per heavy atom. The van der Waals surface area contributed by atoms with Gasteiger partial charge in [-0.3, -0.25) is 20.0 Å². The lowest BCUT2D eigenvalue weighted by Gasteiger charge is -2.00. The summed E-state index contributed by atoms with van der Waals surface area (Å²) in [6.07, 6.45) is 0. The molecule has 0 spiro atoms. The van der Waals surface area contributed by atoms with E-state index < -0.39 is 5.56 Å². The first-order valence-corrected chi connectivity index (χ1v) is 6.45. The molecule has 0 aliphatic rings.